The van der Waals surface area contributed by atoms with Gasteiger partial charge in [0.25, 0.3) is 0 Å². The quantitative estimate of drug-likeness (QED) is 0.103. The number of rotatable bonds is 10. The van der Waals surface area contributed by atoms with Crippen LogP contribution in [0.1, 0.15) is 69.7 Å². The summed E-state index contributed by atoms with van der Waals surface area (Å²) < 4.78 is 45.4. The summed E-state index contributed by atoms with van der Waals surface area (Å²) in [6.07, 6.45) is 2.56. The zero-order chi connectivity index (χ0) is 37.1. The van der Waals surface area contributed by atoms with Crippen LogP contribution in [0.5, 0.6) is 23.0 Å². The Morgan fingerprint density at radius 2 is 1.19 bits per heavy atom. The Bertz CT molecular complexity index is 1680. The maximum Gasteiger partial charge on any atom is 0.495 e. The van der Waals surface area contributed by atoms with Crippen LogP contribution in [0.4, 0.5) is 0 Å². The number of fused-ring (bicyclic) bond motifs is 1. The van der Waals surface area contributed by atoms with Crippen LogP contribution in [0, 0.1) is 13.8 Å². The van der Waals surface area contributed by atoms with Gasteiger partial charge in [-0.25, -0.2) is 0 Å². The van der Waals surface area contributed by atoms with Gasteiger partial charge in [0.1, 0.15) is 29.8 Å². The number of aryl methyl sites for hydroxylation is 2. The Labute approximate surface area is 309 Å². The van der Waals surface area contributed by atoms with Crippen LogP contribution in [-0.4, -0.2) is 57.1 Å². The average molecular weight is 710 g/mol. The molecule has 0 aromatic heterocycles. The van der Waals surface area contributed by atoms with Gasteiger partial charge in [-0.2, -0.15) is 0 Å². The molecule has 11 heteroatoms. The van der Waals surface area contributed by atoms with Crippen LogP contribution in [0.2, 0.25) is 0 Å². The highest BCUT2D eigenvalue weighted by molar-refractivity contribution is 6.62. The van der Waals surface area contributed by atoms with E-state index in [1.165, 1.54) is 24.0 Å². The molecule has 2 saturated heterocycles. The van der Waals surface area contributed by atoms with E-state index in [1.54, 1.807) is 0 Å². The van der Waals surface area contributed by atoms with Crippen molar-refractivity contribution in [2.75, 3.05) is 26.6 Å². The van der Waals surface area contributed by atoms with E-state index >= 15 is 0 Å². The molecule has 3 heterocycles. The second-order valence-electron chi connectivity index (χ2n) is 14.1. The van der Waals surface area contributed by atoms with Crippen LogP contribution < -0.4 is 20.4 Å². The molecule has 4 aromatic carbocycles. The Morgan fingerprint density at radius 1 is 0.673 bits per heavy atom. The molecule has 52 heavy (non-hydrogen) atoms. The van der Waals surface area contributed by atoms with Crippen molar-refractivity contribution >= 4 is 25.2 Å². The molecular weight excluding hydrogens is 658 g/mol. The van der Waals surface area contributed by atoms with Crippen LogP contribution >= 0.6 is 0 Å². The van der Waals surface area contributed by atoms with Gasteiger partial charge in [-0.05, 0) is 132 Å². The third-order valence-electron chi connectivity index (χ3n) is 9.37. The van der Waals surface area contributed by atoms with E-state index in [4.69, 9.17) is 37.6 Å². The smallest absolute Gasteiger partial charge is 0.457 e. The maximum atomic E-state index is 9.53. The van der Waals surface area contributed by atoms with E-state index in [9.17, 15) is 5.02 Å². The summed E-state index contributed by atoms with van der Waals surface area (Å²) in [5.41, 5.74) is 5.28. The zero-order valence-corrected chi connectivity index (χ0v) is 31.6. The van der Waals surface area contributed by atoms with Gasteiger partial charge >= 0.3 is 14.2 Å². The first-order chi connectivity index (χ1) is 24.9. The Balaban J connectivity index is 0.000000191. The standard InChI is InChI=1S/C23H31BO5.C14H13BO3.C4H8O/c1-7-25-16-26-15-18-14-20(27-19-10-8-17(2)9-11-19)12-13-21(18)24-28-22(3,4)23(5,6)29-24;1-10-2-4-12(5-3-10)18-13-6-7-14-11(8-13)9-17-15(14)16;1-2-4-5-3-1/h8-14H,7,15-16H2,1-6H3;2-8,16H,9H2,1H3;1-4H2. The summed E-state index contributed by atoms with van der Waals surface area (Å²) in [6, 6.07) is 27.4. The average Bonchev–Trinajstić information content (AvgIpc) is 3.87. The molecule has 7 rings (SSSR count). The van der Waals surface area contributed by atoms with Crippen LogP contribution in [0.25, 0.3) is 0 Å². The lowest BCUT2D eigenvalue weighted by molar-refractivity contribution is -0.0570. The Kier molecular flexibility index (Phi) is 14.0. The van der Waals surface area contributed by atoms with Crippen molar-refractivity contribution in [3.05, 3.63) is 107 Å². The van der Waals surface area contributed by atoms with Gasteiger partial charge in [0.15, 0.2) is 0 Å². The van der Waals surface area contributed by atoms with E-state index in [1.807, 2.05) is 126 Å². The molecule has 4 aromatic rings. The molecule has 0 spiro atoms. The maximum absolute atomic E-state index is 9.53. The summed E-state index contributed by atoms with van der Waals surface area (Å²) >= 11 is 0. The third kappa shape index (κ3) is 10.9. The molecule has 2 fully saturated rings. The summed E-state index contributed by atoms with van der Waals surface area (Å²) in [4.78, 5) is 0. The molecule has 3 aliphatic heterocycles. The van der Waals surface area contributed by atoms with E-state index in [-0.39, 0.29) is 6.79 Å². The highest BCUT2D eigenvalue weighted by Gasteiger charge is 2.52. The topological polar surface area (TPSA) is 94.1 Å². The van der Waals surface area contributed by atoms with E-state index in [2.05, 4.69) is 6.92 Å². The Hall–Kier alpha value is -3.67. The first-order valence-corrected chi connectivity index (χ1v) is 18.1. The molecule has 0 amide bonds. The van der Waals surface area contributed by atoms with Crippen LogP contribution in [0.3, 0.4) is 0 Å². The molecule has 3 aliphatic rings. The largest absolute Gasteiger partial charge is 0.495 e. The van der Waals surface area contributed by atoms with Crippen molar-refractivity contribution in [1.29, 1.82) is 0 Å². The molecule has 0 saturated carbocycles. The van der Waals surface area contributed by atoms with Gasteiger partial charge in [0.05, 0.1) is 24.4 Å². The van der Waals surface area contributed by atoms with E-state index in [0.29, 0.717) is 19.8 Å². The highest BCUT2D eigenvalue weighted by atomic mass is 16.7. The second kappa shape index (κ2) is 18.4. The fraction of sp³-hybridized carbons (Fsp3) is 0.415. The predicted molar refractivity (Wildman–Crippen MR) is 205 cm³/mol. The van der Waals surface area contributed by atoms with Crippen molar-refractivity contribution in [3.63, 3.8) is 0 Å². The first kappa shape index (κ1) is 39.5. The van der Waals surface area contributed by atoms with Crippen LogP contribution in [-0.2, 0) is 41.4 Å². The predicted octanol–water partition coefficient (Wildman–Crippen LogP) is 7.40. The molecule has 0 atom stereocenters. The van der Waals surface area contributed by atoms with Gasteiger partial charge in [0, 0.05) is 19.8 Å². The number of hydrogen-bond donors (Lipinski definition) is 1. The monoisotopic (exact) mass is 710 g/mol. The summed E-state index contributed by atoms with van der Waals surface area (Å²) in [5, 5.41) is 9.53. The normalized spacial score (nSPS) is 16.8. The lowest BCUT2D eigenvalue weighted by atomic mass is 9.76. The molecule has 276 valence electrons. The number of ether oxygens (including phenoxy) is 5. The van der Waals surface area contributed by atoms with E-state index in [0.717, 1.165) is 58.3 Å². The summed E-state index contributed by atoms with van der Waals surface area (Å²) in [5.74, 6) is 3.10. The molecule has 0 bridgehead atoms. The van der Waals surface area contributed by atoms with E-state index < -0.39 is 25.4 Å². The van der Waals surface area contributed by atoms with Crippen LogP contribution in [0.15, 0.2) is 84.9 Å². The van der Waals surface area contributed by atoms with Crippen molar-refractivity contribution in [2.45, 2.75) is 85.7 Å². The number of benzene rings is 4. The van der Waals surface area contributed by atoms with Gasteiger partial charge in [-0.1, -0.05) is 47.5 Å². The van der Waals surface area contributed by atoms with Crippen molar-refractivity contribution in [2.24, 2.45) is 0 Å². The first-order valence-electron chi connectivity index (χ1n) is 18.1. The molecule has 0 unspecified atom stereocenters. The second-order valence-corrected chi connectivity index (χ2v) is 14.1. The zero-order valence-electron chi connectivity index (χ0n) is 31.6. The van der Waals surface area contributed by atoms with Gasteiger partial charge in [-0.3, -0.25) is 0 Å². The highest BCUT2D eigenvalue weighted by Crippen LogP contribution is 2.37. The molecule has 0 aliphatic carbocycles. The molecule has 1 N–H and O–H groups in total. The lowest BCUT2D eigenvalue weighted by Gasteiger charge is -2.32. The molecular formula is C41H52B2O9. The summed E-state index contributed by atoms with van der Waals surface area (Å²) in [7, 11) is -1.26. The SMILES string of the molecule is C1CCOC1.CCOCOCc1cc(Oc2ccc(C)cc2)ccc1B1OC(C)(C)C(C)(C)O1.Cc1ccc(Oc2ccc3c(c2)COB3O)cc1. The molecule has 0 radical (unpaired) electrons. The lowest BCUT2D eigenvalue weighted by Crippen LogP contribution is -2.41. The minimum Gasteiger partial charge on any atom is -0.457 e. The number of hydrogen-bond acceptors (Lipinski definition) is 9. The van der Waals surface area contributed by atoms with Crippen molar-refractivity contribution in [1.82, 2.24) is 0 Å². The fourth-order valence-electron chi connectivity index (χ4n) is 5.53. The van der Waals surface area contributed by atoms with Gasteiger partial charge in [-0.15, -0.1) is 0 Å². The van der Waals surface area contributed by atoms with Gasteiger partial charge < -0.3 is 42.7 Å². The minimum atomic E-state index is -0.798. The van der Waals surface area contributed by atoms with Crippen molar-refractivity contribution in [3.8, 4) is 23.0 Å². The molecule has 9 nitrogen and oxygen atoms in total. The Morgan fingerprint density at radius 3 is 1.71 bits per heavy atom. The van der Waals surface area contributed by atoms with Gasteiger partial charge in [0.2, 0.25) is 0 Å². The third-order valence-corrected chi connectivity index (χ3v) is 9.37. The summed E-state index contributed by atoms with van der Waals surface area (Å²) in [6.45, 7) is 17.9. The minimum absolute atomic E-state index is 0.238. The van der Waals surface area contributed by atoms with Crippen molar-refractivity contribution < 1.29 is 42.7 Å². The fourth-order valence-corrected chi connectivity index (χ4v) is 5.53.